The van der Waals surface area contributed by atoms with Gasteiger partial charge in [0.2, 0.25) is 0 Å². The summed E-state index contributed by atoms with van der Waals surface area (Å²) < 4.78 is 85.0. The minimum atomic E-state index is -5.00. The van der Waals surface area contributed by atoms with Crippen molar-refractivity contribution in [1.82, 2.24) is 4.98 Å². The summed E-state index contributed by atoms with van der Waals surface area (Å²) in [7, 11) is 0. The van der Waals surface area contributed by atoms with Gasteiger partial charge < -0.3 is 9.80 Å². The Balaban J connectivity index is 1.68. The van der Waals surface area contributed by atoms with Crippen molar-refractivity contribution in [3.63, 3.8) is 0 Å². The summed E-state index contributed by atoms with van der Waals surface area (Å²) in [5, 5.41) is 0. The first-order chi connectivity index (χ1) is 19.7. The SMILES string of the molecule is C=CC1(C)c2ccc(-c3c(C(F)(F)F)cccc3C(F)(F)F)cc2N2c3ncccc3N(c3ccccc3)C2C1(C)C. The van der Waals surface area contributed by atoms with Crippen molar-refractivity contribution in [2.24, 2.45) is 5.41 Å². The number of para-hydroxylation sites is 1. The standard InChI is InChI=1S/C33H27F6N3/c1-5-31(4)22-17-16-20(27-23(32(34,35)36)13-9-14-24(27)33(37,38)39)19-26(22)42-28-25(15-10-18-40-28)41(29(42)30(31,2)3)21-11-7-6-8-12-21/h5-19,29H,1H2,2-4H3. The third-order valence-electron chi connectivity index (χ3n) is 8.95. The number of benzene rings is 3. The van der Waals surface area contributed by atoms with Crippen LogP contribution in [0.5, 0.6) is 0 Å². The Labute approximate surface area is 239 Å². The van der Waals surface area contributed by atoms with E-state index in [2.05, 4.69) is 30.3 Å². The Morgan fingerprint density at radius 3 is 2.00 bits per heavy atom. The van der Waals surface area contributed by atoms with Gasteiger partial charge in [0.05, 0.1) is 16.8 Å². The Morgan fingerprint density at radius 2 is 1.40 bits per heavy atom. The molecule has 0 amide bonds. The van der Waals surface area contributed by atoms with E-state index in [0.717, 1.165) is 23.0 Å². The van der Waals surface area contributed by atoms with E-state index in [1.165, 1.54) is 12.1 Å². The van der Waals surface area contributed by atoms with Crippen molar-refractivity contribution in [3.8, 4) is 11.1 Å². The molecule has 3 aromatic carbocycles. The third kappa shape index (κ3) is 3.86. The Hall–Kier alpha value is -4.27. The smallest absolute Gasteiger partial charge is 0.316 e. The van der Waals surface area contributed by atoms with Crippen LogP contribution in [0.2, 0.25) is 0 Å². The zero-order valence-corrected chi connectivity index (χ0v) is 23.1. The number of fused-ring (bicyclic) bond motifs is 5. The quantitative estimate of drug-likeness (QED) is 0.178. The van der Waals surface area contributed by atoms with Gasteiger partial charge in [0.15, 0.2) is 5.82 Å². The molecule has 0 aliphatic carbocycles. The van der Waals surface area contributed by atoms with Crippen molar-refractivity contribution in [3.05, 3.63) is 114 Å². The summed E-state index contributed by atoms with van der Waals surface area (Å²) in [6, 6.07) is 20.0. The summed E-state index contributed by atoms with van der Waals surface area (Å²) in [6.45, 7) is 10.3. The molecule has 0 saturated heterocycles. The molecule has 216 valence electrons. The Kier molecular flexibility index (Phi) is 6.05. The second-order valence-electron chi connectivity index (χ2n) is 11.4. The summed E-state index contributed by atoms with van der Waals surface area (Å²) in [4.78, 5) is 8.74. The van der Waals surface area contributed by atoms with Crippen molar-refractivity contribution in [2.45, 2.75) is 44.7 Å². The highest BCUT2D eigenvalue weighted by Gasteiger charge is 2.59. The van der Waals surface area contributed by atoms with Gasteiger partial charge in [-0.25, -0.2) is 4.98 Å². The Morgan fingerprint density at radius 1 is 0.762 bits per heavy atom. The molecule has 2 aliphatic heterocycles. The number of nitrogens with zero attached hydrogens (tertiary/aromatic N) is 3. The van der Waals surface area contributed by atoms with E-state index in [4.69, 9.17) is 0 Å². The van der Waals surface area contributed by atoms with Gasteiger partial charge in [0.25, 0.3) is 0 Å². The van der Waals surface area contributed by atoms with E-state index in [1.807, 2.05) is 54.3 Å². The van der Waals surface area contributed by atoms with Gasteiger partial charge in [0, 0.05) is 34.0 Å². The lowest BCUT2D eigenvalue weighted by Crippen LogP contribution is -2.60. The molecule has 2 atom stereocenters. The first kappa shape index (κ1) is 27.9. The molecule has 2 aliphatic rings. The van der Waals surface area contributed by atoms with Crippen LogP contribution in [0.25, 0.3) is 11.1 Å². The van der Waals surface area contributed by atoms with Crippen molar-refractivity contribution in [2.75, 3.05) is 9.80 Å². The second-order valence-corrected chi connectivity index (χ2v) is 11.4. The molecule has 3 nitrogen and oxygen atoms in total. The van der Waals surface area contributed by atoms with Crippen LogP contribution >= 0.6 is 0 Å². The zero-order chi connectivity index (χ0) is 30.2. The van der Waals surface area contributed by atoms with Crippen molar-refractivity contribution < 1.29 is 26.3 Å². The molecule has 0 bridgehead atoms. The average molecular weight is 580 g/mol. The maximum Gasteiger partial charge on any atom is 0.417 e. The van der Waals surface area contributed by atoms with Gasteiger partial charge in [-0.2, -0.15) is 26.3 Å². The van der Waals surface area contributed by atoms with Gasteiger partial charge in [-0.1, -0.05) is 63.2 Å². The lowest BCUT2D eigenvalue weighted by atomic mass is 9.58. The van der Waals surface area contributed by atoms with Crippen LogP contribution in [-0.4, -0.2) is 11.1 Å². The maximum absolute atomic E-state index is 14.2. The highest BCUT2D eigenvalue weighted by molar-refractivity contribution is 5.90. The van der Waals surface area contributed by atoms with Crippen LogP contribution < -0.4 is 9.80 Å². The molecule has 1 aromatic heterocycles. The van der Waals surface area contributed by atoms with E-state index < -0.39 is 46.0 Å². The van der Waals surface area contributed by atoms with Gasteiger partial charge in [-0.05, 0) is 53.6 Å². The van der Waals surface area contributed by atoms with Crippen molar-refractivity contribution >= 4 is 22.9 Å². The molecule has 9 heteroatoms. The minimum Gasteiger partial charge on any atom is -0.316 e. The molecule has 3 heterocycles. The number of pyridine rings is 1. The van der Waals surface area contributed by atoms with E-state index in [1.54, 1.807) is 18.3 Å². The molecule has 0 saturated carbocycles. The van der Waals surface area contributed by atoms with Gasteiger partial charge in [0.1, 0.15) is 6.17 Å². The predicted molar refractivity (Wildman–Crippen MR) is 152 cm³/mol. The second kappa shape index (κ2) is 9.11. The number of hydrogen-bond donors (Lipinski definition) is 0. The highest BCUT2D eigenvalue weighted by Crippen LogP contribution is 2.62. The van der Waals surface area contributed by atoms with E-state index in [0.29, 0.717) is 23.6 Å². The largest absolute Gasteiger partial charge is 0.417 e. The number of allylic oxidation sites excluding steroid dienone is 1. The minimum absolute atomic E-state index is 0.186. The predicted octanol–water partition coefficient (Wildman–Crippen LogP) is 9.89. The molecule has 2 unspecified atom stereocenters. The highest BCUT2D eigenvalue weighted by atomic mass is 19.4. The van der Waals surface area contributed by atoms with Gasteiger partial charge >= 0.3 is 12.4 Å². The monoisotopic (exact) mass is 579 g/mol. The first-order valence-corrected chi connectivity index (χ1v) is 13.4. The van der Waals surface area contributed by atoms with Gasteiger partial charge in [-0.15, -0.1) is 6.58 Å². The topological polar surface area (TPSA) is 19.4 Å². The van der Waals surface area contributed by atoms with Crippen LogP contribution in [0.15, 0.2) is 97.7 Å². The summed E-state index contributed by atoms with van der Waals surface area (Å²) in [5.41, 5.74) is -2.22. The molecule has 0 fully saturated rings. The Bertz CT molecular complexity index is 1660. The summed E-state index contributed by atoms with van der Waals surface area (Å²) in [6.07, 6.45) is -7.00. The average Bonchev–Trinajstić information content (AvgIpc) is 3.31. The molecular weight excluding hydrogens is 552 g/mol. The molecule has 0 radical (unpaired) electrons. The number of rotatable bonds is 3. The number of hydrogen-bond acceptors (Lipinski definition) is 3. The van der Waals surface area contributed by atoms with Crippen molar-refractivity contribution in [1.29, 1.82) is 0 Å². The van der Waals surface area contributed by atoms with E-state index in [-0.39, 0.29) is 5.56 Å². The molecule has 0 spiro atoms. The summed E-state index contributed by atoms with van der Waals surface area (Å²) >= 11 is 0. The normalized spacial score (nSPS) is 21.0. The van der Waals surface area contributed by atoms with Crippen LogP contribution in [-0.2, 0) is 17.8 Å². The maximum atomic E-state index is 14.2. The number of anilines is 4. The molecule has 6 rings (SSSR count). The molecule has 0 N–H and O–H groups in total. The van der Waals surface area contributed by atoms with E-state index in [9.17, 15) is 26.3 Å². The lowest BCUT2D eigenvalue weighted by Gasteiger charge is -2.56. The lowest BCUT2D eigenvalue weighted by molar-refractivity contribution is -0.142. The number of alkyl halides is 6. The van der Waals surface area contributed by atoms with E-state index >= 15 is 0 Å². The number of aromatic nitrogens is 1. The van der Waals surface area contributed by atoms with Crippen LogP contribution in [0.3, 0.4) is 0 Å². The van der Waals surface area contributed by atoms with Gasteiger partial charge in [-0.3, -0.25) is 0 Å². The fraction of sp³-hybridized carbons (Fsp3) is 0.242. The third-order valence-corrected chi connectivity index (χ3v) is 8.95. The fourth-order valence-corrected chi connectivity index (χ4v) is 6.54. The first-order valence-electron chi connectivity index (χ1n) is 13.4. The molecule has 42 heavy (non-hydrogen) atoms. The van der Waals surface area contributed by atoms with Crippen LogP contribution in [0.4, 0.5) is 49.2 Å². The summed E-state index contributed by atoms with van der Waals surface area (Å²) in [5.74, 6) is 0.559. The molecule has 4 aromatic rings. The zero-order valence-electron chi connectivity index (χ0n) is 23.1. The van der Waals surface area contributed by atoms with Crippen LogP contribution in [0.1, 0.15) is 37.5 Å². The van der Waals surface area contributed by atoms with Crippen LogP contribution in [0, 0.1) is 5.41 Å². The fourth-order valence-electron chi connectivity index (χ4n) is 6.54. The number of halogens is 6. The molecular formula is C33H27F6N3.